The van der Waals surface area contributed by atoms with Gasteiger partial charge in [0.05, 0.1) is 6.10 Å². The van der Waals surface area contributed by atoms with Crippen molar-refractivity contribution in [2.45, 2.75) is 44.4 Å². The molecule has 0 aromatic carbocycles. The fourth-order valence-corrected chi connectivity index (χ4v) is 2.96. The first-order valence-corrected chi connectivity index (χ1v) is 7.17. The van der Waals surface area contributed by atoms with Crippen LogP contribution in [-0.2, 0) is 4.79 Å². The van der Waals surface area contributed by atoms with Gasteiger partial charge >= 0.3 is 12.0 Å². The number of nitrogens with zero attached hydrogens (tertiary/aromatic N) is 2. The molecule has 20 heavy (non-hydrogen) atoms. The molecule has 2 rings (SSSR count). The highest BCUT2D eigenvalue weighted by molar-refractivity contribution is 5.83. The highest BCUT2D eigenvalue weighted by Crippen LogP contribution is 2.18. The molecule has 7 nitrogen and oxygen atoms in total. The molecule has 2 unspecified atom stereocenters. The molecule has 7 heteroatoms. The van der Waals surface area contributed by atoms with Crippen LogP contribution in [0, 0.1) is 0 Å². The number of carbonyl (C=O) groups excluding carboxylic acids is 1. The number of hydrogen-bond donors (Lipinski definition) is 3. The molecular weight excluding hydrogens is 262 g/mol. The molecule has 2 aliphatic heterocycles. The van der Waals surface area contributed by atoms with E-state index in [2.05, 4.69) is 10.2 Å². The molecule has 0 aromatic heterocycles. The number of carbonyl (C=O) groups is 2. The summed E-state index contributed by atoms with van der Waals surface area (Å²) >= 11 is 0. The van der Waals surface area contributed by atoms with Gasteiger partial charge in [-0.05, 0) is 32.9 Å². The van der Waals surface area contributed by atoms with Crippen molar-refractivity contribution < 1.29 is 19.8 Å². The summed E-state index contributed by atoms with van der Waals surface area (Å²) in [5.41, 5.74) is 0. The fourth-order valence-electron chi connectivity index (χ4n) is 2.96. The molecule has 2 heterocycles. The monoisotopic (exact) mass is 285 g/mol. The molecule has 3 N–H and O–H groups in total. The van der Waals surface area contributed by atoms with E-state index in [0.29, 0.717) is 0 Å². The van der Waals surface area contributed by atoms with Gasteiger partial charge in [-0.15, -0.1) is 0 Å². The minimum Gasteiger partial charge on any atom is -0.480 e. The molecular formula is C13H23N3O4. The number of aliphatic hydroxyl groups is 1. The Labute approximate surface area is 118 Å². The standard InChI is InChI=1S/C13H23N3O4/c1-9(7-15-4-2-3-5-15)14-13(20)16-8-10(17)6-11(16)12(18)19/h9-11,17H,2-8H2,1H3,(H,14,20)(H,18,19)/t9?,10?,11-/m0/s1. The zero-order valence-electron chi connectivity index (χ0n) is 11.8. The second-order valence-corrected chi connectivity index (χ2v) is 5.75. The molecule has 2 amide bonds. The molecule has 3 atom stereocenters. The number of carboxylic acid groups (broad SMARTS) is 1. The maximum atomic E-state index is 12.1. The number of aliphatic hydroxyl groups excluding tert-OH is 1. The molecule has 2 aliphatic rings. The van der Waals surface area contributed by atoms with Gasteiger partial charge in [0.25, 0.3) is 0 Å². The van der Waals surface area contributed by atoms with Crippen molar-refractivity contribution in [1.29, 1.82) is 0 Å². The summed E-state index contributed by atoms with van der Waals surface area (Å²) in [7, 11) is 0. The fraction of sp³-hybridized carbons (Fsp3) is 0.846. The summed E-state index contributed by atoms with van der Waals surface area (Å²) in [6.45, 7) is 4.89. The van der Waals surface area contributed by atoms with Crippen LogP contribution < -0.4 is 5.32 Å². The zero-order chi connectivity index (χ0) is 14.7. The summed E-state index contributed by atoms with van der Waals surface area (Å²) in [6, 6.07) is -1.36. The third kappa shape index (κ3) is 3.61. The Hall–Kier alpha value is -1.34. The van der Waals surface area contributed by atoms with Crippen LogP contribution in [0.5, 0.6) is 0 Å². The number of rotatable bonds is 4. The summed E-state index contributed by atoms with van der Waals surface area (Å²) in [4.78, 5) is 26.7. The molecule has 0 spiro atoms. The van der Waals surface area contributed by atoms with E-state index in [9.17, 15) is 14.7 Å². The van der Waals surface area contributed by atoms with E-state index in [4.69, 9.17) is 5.11 Å². The van der Waals surface area contributed by atoms with Crippen LogP contribution in [0.25, 0.3) is 0 Å². The molecule has 0 bridgehead atoms. The minimum absolute atomic E-state index is 0.0345. The molecule has 0 saturated carbocycles. The van der Waals surface area contributed by atoms with Crippen molar-refractivity contribution in [2.75, 3.05) is 26.2 Å². The highest BCUT2D eigenvalue weighted by atomic mass is 16.4. The Morgan fingerprint density at radius 1 is 1.35 bits per heavy atom. The van der Waals surface area contributed by atoms with Crippen LogP contribution in [0.15, 0.2) is 0 Å². The maximum absolute atomic E-state index is 12.1. The molecule has 0 aromatic rings. The van der Waals surface area contributed by atoms with Gasteiger partial charge in [-0.25, -0.2) is 9.59 Å². The van der Waals surface area contributed by atoms with Crippen LogP contribution in [0.4, 0.5) is 4.79 Å². The van der Waals surface area contributed by atoms with Crippen molar-refractivity contribution in [3.8, 4) is 0 Å². The van der Waals surface area contributed by atoms with E-state index in [-0.39, 0.29) is 19.0 Å². The Morgan fingerprint density at radius 2 is 2.00 bits per heavy atom. The second-order valence-electron chi connectivity index (χ2n) is 5.75. The normalized spacial score (nSPS) is 28.6. The third-order valence-corrected chi connectivity index (χ3v) is 3.93. The van der Waals surface area contributed by atoms with Gasteiger partial charge in [-0.2, -0.15) is 0 Å². The first-order valence-electron chi connectivity index (χ1n) is 7.17. The number of carboxylic acids is 1. The summed E-state index contributed by atoms with van der Waals surface area (Å²) in [5, 5.41) is 21.4. The average molecular weight is 285 g/mol. The lowest BCUT2D eigenvalue weighted by molar-refractivity contribution is -0.141. The van der Waals surface area contributed by atoms with Crippen LogP contribution in [-0.4, -0.2) is 76.4 Å². The lowest BCUT2D eigenvalue weighted by Gasteiger charge is -2.26. The number of aliphatic carboxylic acids is 1. The number of nitrogens with one attached hydrogen (secondary N) is 1. The molecule has 2 saturated heterocycles. The summed E-state index contributed by atoms with van der Waals surface area (Å²) in [6.07, 6.45) is 1.74. The van der Waals surface area contributed by atoms with E-state index in [1.54, 1.807) is 0 Å². The smallest absolute Gasteiger partial charge is 0.326 e. The van der Waals surface area contributed by atoms with E-state index in [1.807, 2.05) is 6.92 Å². The predicted octanol–water partition coefficient (Wildman–Crippen LogP) is -0.300. The lowest BCUT2D eigenvalue weighted by Crippen LogP contribution is -2.50. The van der Waals surface area contributed by atoms with E-state index in [0.717, 1.165) is 19.6 Å². The van der Waals surface area contributed by atoms with Crippen molar-refractivity contribution in [2.24, 2.45) is 0 Å². The second kappa shape index (κ2) is 6.41. The number of likely N-dealkylation sites (tertiary alicyclic amines) is 2. The molecule has 114 valence electrons. The van der Waals surface area contributed by atoms with Crippen molar-refractivity contribution >= 4 is 12.0 Å². The van der Waals surface area contributed by atoms with Gasteiger partial charge in [0, 0.05) is 25.6 Å². The summed E-state index contributed by atoms with van der Waals surface area (Å²) < 4.78 is 0. The van der Waals surface area contributed by atoms with Crippen LogP contribution in [0.1, 0.15) is 26.2 Å². The Kier molecular flexibility index (Phi) is 4.82. The number of amides is 2. The van der Waals surface area contributed by atoms with Gasteiger partial charge in [0.2, 0.25) is 0 Å². The molecule has 0 aliphatic carbocycles. The Balaban J connectivity index is 1.85. The van der Waals surface area contributed by atoms with E-state index in [1.165, 1.54) is 17.7 Å². The van der Waals surface area contributed by atoms with Crippen LogP contribution >= 0.6 is 0 Å². The maximum Gasteiger partial charge on any atom is 0.326 e. The molecule has 0 radical (unpaired) electrons. The minimum atomic E-state index is -1.07. The number of hydrogen-bond acceptors (Lipinski definition) is 4. The third-order valence-electron chi connectivity index (χ3n) is 3.93. The van der Waals surface area contributed by atoms with Gasteiger partial charge in [0.15, 0.2) is 0 Å². The van der Waals surface area contributed by atoms with Gasteiger partial charge in [-0.1, -0.05) is 0 Å². The van der Waals surface area contributed by atoms with Gasteiger partial charge in [0.1, 0.15) is 6.04 Å². The quantitative estimate of drug-likeness (QED) is 0.659. The predicted molar refractivity (Wildman–Crippen MR) is 72.4 cm³/mol. The zero-order valence-corrected chi connectivity index (χ0v) is 11.8. The Bertz CT molecular complexity index is 371. The first kappa shape index (κ1) is 15.1. The topological polar surface area (TPSA) is 93.1 Å². The van der Waals surface area contributed by atoms with Gasteiger partial charge < -0.3 is 25.3 Å². The summed E-state index contributed by atoms with van der Waals surface area (Å²) in [5.74, 6) is -1.07. The highest BCUT2D eigenvalue weighted by Gasteiger charge is 2.39. The number of urea groups is 1. The number of β-amino-alcohol motifs (C(OH)–C–C–N with tert-alkyl or cyclic N) is 1. The molecule has 2 fully saturated rings. The lowest BCUT2D eigenvalue weighted by atomic mass is 10.2. The van der Waals surface area contributed by atoms with Crippen molar-refractivity contribution in [1.82, 2.24) is 15.1 Å². The average Bonchev–Trinajstić information content (AvgIpc) is 2.97. The van der Waals surface area contributed by atoms with Crippen LogP contribution in [0.2, 0.25) is 0 Å². The first-order chi connectivity index (χ1) is 9.47. The van der Waals surface area contributed by atoms with Crippen molar-refractivity contribution in [3.63, 3.8) is 0 Å². The Morgan fingerprint density at radius 3 is 2.60 bits per heavy atom. The van der Waals surface area contributed by atoms with Crippen molar-refractivity contribution in [3.05, 3.63) is 0 Å². The SMILES string of the molecule is CC(CN1CCCC1)NC(=O)N1CC(O)C[C@H]1C(=O)O. The van der Waals surface area contributed by atoms with E-state index >= 15 is 0 Å². The van der Waals surface area contributed by atoms with Gasteiger partial charge in [-0.3, -0.25) is 0 Å². The van der Waals surface area contributed by atoms with E-state index < -0.39 is 24.1 Å². The van der Waals surface area contributed by atoms with Crippen LogP contribution in [0.3, 0.4) is 0 Å². The largest absolute Gasteiger partial charge is 0.480 e.